The lowest BCUT2D eigenvalue weighted by atomic mass is 10.1. The maximum Gasteiger partial charge on any atom is 0.225 e. The molecule has 0 saturated carbocycles. The molecule has 2 amide bonds. The van der Waals surface area contributed by atoms with E-state index in [-0.39, 0.29) is 17.7 Å². The first-order chi connectivity index (χ1) is 11.6. The average molecular weight is 342 g/mol. The Morgan fingerprint density at radius 1 is 1.29 bits per heavy atom. The molecule has 1 aromatic heterocycles. The minimum Gasteiger partial charge on any atom is -0.355 e. The van der Waals surface area contributed by atoms with Crippen molar-refractivity contribution >= 4 is 23.2 Å². The maximum atomic E-state index is 12.3. The molecule has 0 aliphatic carbocycles. The number of carbonyl (C=O) groups is 2. The fraction of sp³-hybridized carbons (Fsp3) is 0.368. The Morgan fingerprint density at radius 3 is 2.79 bits per heavy atom. The van der Waals surface area contributed by atoms with Crippen molar-refractivity contribution in [1.29, 1.82) is 0 Å². The largest absolute Gasteiger partial charge is 0.355 e. The number of rotatable bonds is 6. The third kappa shape index (κ3) is 4.23. The van der Waals surface area contributed by atoms with E-state index in [4.69, 9.17) is 0 Å². The summed E-state index contributed by atoms with van der Waals surface area (Å²) in [5.74, 6) is -0.174. The topological polar surface area (TPSA) is 49.4 Å². The fourth-order valence-electron chi connectivity index (χ4n) is 2.92. The van der Waals surface area contributed by atoms with E-state index in [9.17, 15) is 9.59 Å². The highest BCUT2D eigenvalue weighted by Crippen LogP contribution is 2.20. The second-order valence-electron chi connectivity index (χ2n) is 6.28. The summed E-state index contributed by atoms with van der Waals surface area (Å²) in [6, 6.07) is 12.3. The molecule has 2 aromatic rings. The number of nitrogens with zero attached hydrogens (tertiary/aromatic N) is 1. The molecule has 1 unspecified atom stereocenters. The van der Waals surface area contributed by atoms with E-state index in [2.05, 4.69) is 11.4 Å². The van der Waals surface area contributed by atoms with Gasteiger partial charge in [-0.15, -0.1) is 11.3 Å². The number of thiophene rings is 1. The van der Waals surface area contributed by atoms with E-state index in [0.717, 1.165) is 12.0 Å². The Morgan fingerprint density at radius 2 is 2.08 bits per heavy atom. The van der Waals surface area contributed by atoms with Gasteiger partial charge in [0.25, 0.3) is 0 Å². The van der Waals surface area contributed by atoms with E-state index >= 15 is 0 Å². The van der Waals surface area contributed by atoms with Crippen molar-refractivity contribution < 1.29 is 9.59 Å². The fourth-order valence-corrected chi connectivity index (χ4v) is 3.63. The molecule has 2 heterocycles. The standard InChI is InChI=1S/C19H22N2O2S/c1-14-4-6-15(7-5-14)12-21-13-16(11-18(21)22)19(23)20-9-8-17-3-2-10-24-17/h2-7,10,16H,8-9,11-13H2,1H3,(H,20,23). The molecule has 0 spiro atoms. The average Bonchev–Trinajstić information content (AvgIpc) is 3.20. The molecule has 1 atom stereocenters. The van der Waals surface area contributed by atoms with Crippen molar-refractivity contribution in [3.63, 3.8) is 0 Å². The Hall–Kier alpha value is -2.14. The monoisotopic (exact) mass is 342 g/mol. The van der Waals surface area contributed by atoms with Gasteiger partial charge in [-0.1, -0.05) is 35.9 Å². The Labute approximate surface area is 146 Å². The van der Waals surface area contributed by atoms with Gasteiger partial charge < -0.3 is 10.2 Å². The number of aryl methyl sites for hydroxylation is 1. The van der Waals surface area contributed by atoms with Crippen molar-refractivity contribution in [3.05, 3.63) is 57.8 Å². The minimum absolute atomic E-state index is 0.00804. The molecule has 1 aliphatic heterocycles. The van der Waals surface area contributed by atoms with Crippen LogP contribution < -0.4 is 5.32 Å². The van der Waals surface area contributed by atoms with E-state index in [1.807, 2.05) is 42.6 Å². The first kappa shape index (κ1) is 16.7. The van der Waals surface area contributed by atoms with Crippen LogP contribution in [0.4, 0.5) is 0 Å². The number of hydrogen-bond acceptors (Lipinski definition) is 3. The van der Waals surface area contributed by atoms with Gasteiger partial charge >= 0.3 is 0 Å². The van der Waals surface area contributed by atoms with Gasteiger partial charge in [0.05, 0.1) is 5.92 Å². The Bertz CT molecular complexity index is 695. The van der Waals surface area contributed by atoms with Gasteiger partial charge in [0.1, 0.15) is 0 Å². The summed E-state index contributed by atoms with van der Waals surface area (Å²) >= 11 is 1.70. The molecule has 1 saturated heterocycles. The van der Waals surface area contributed by atoms with Crippen LogP contribution in [0, 0.1) is 12.8 Å². The number of nitrogens with one attached hydrogen (secondary N) is 1. The highest BCUT2D eigenvalue weighted by Gasteiger charge is 2.33. The lowest BCUT2D eigenvalue weighted by Gasteiger charge is -2.17. The van der Waals surface area contributed by atoms with Crippen LogP contribution in [0.25, 0.3) is 0 Å². The lowest BCUT2D eigenvalue weighted by molar-refractivity contribution is -0.129. The first-order valence-corrected chi connectivity index (χ1v) is 9.13. The minimum atomic E-state index is -0.230. The zero-order valence-electron chi connectivity index (χ0n) is 13.8. The Balaban J connectivity index is 1.48. The predicted octanol–water partition coefficient (Wildman–Crippen LogP) is 2.76. The maximum absolute atomic E-state index is 12.3. The van der Waals surface area contributed by atoms with Gasteiger partial charge in [-0.25, -0.2) is 0 Å². The molecule has 0 radical (unpaired) electrons. The summed E-state index contributed by atoms with van der Waals surface area (Å²) in [6.45, 7) is 3.76. The van der Waals surface area contributed by atoms with Crippen molar-refractivity contribution in [3.8, 4) is 0 Å². The number of hydrogen-bond donors (Lipinski definition) is 1. The van der Waals surface area contributed by atoms with Crippen LogP contribution in [-0.2, 0) is 22.6 Å². The van der Waals surface area contributed by atoms with Crippen molar-refractivity contribution in [2.45, 2.75) is 26.3 Å². The first-order valence-electron chi connectivity index (χ1n) is 8.25. The van der Waals surface area contributed by atoms with Crippen LogP contribution in [0.2, 0.25) is 0 Å². The molecule has 1 N–H and O–H groups in total. The van der Waals surface area contributed by atoms with Crippen molar-refractivity contribution in [2.75, 3.05) is 13.1 Å². The summed E-state index contributed by atoms with van der Waals surface area (Å²) in [6.07, 6.45) is 1.16. The van der Waals surface area contributed by atoms with Crippen LogP contribution in [0.3, 0.4) is 0 Å². The molecule has 4 nitrogen and oxygen atoms in total. The third-order valence-electron chi connectivity index (χ3n) is 4.33. The smallest absolute Gasteiger partial charge is 0.225 e. The van der Waals surface area contributed by atoms with Crippen molar-refractivity contribution in [2.24, 2.45) is 5.92 Å². The molecular weight excluding hydrogens is 320 g/mol. The van der Waals surface area contributed by atoms with Gasteiger partial charge in [-0.3, -0.25) is 9.59 Å². The van der Waals surface area contributed by atoms with Crippen LogP contribution in [0.15, 0.2) is 41.8 Å². The molecule has 126 valence electrons. The molecule has 1 aliphatic rings. The second kappa shape index (κ2) is 7.62. The van der Waals surface area contributed by atoms with Crippen molar-refractivity contribution in [1.82, 2.24) is 10.2 Å². The number of benzene rings is 1. The molecular formula is C19H22N2O2S. The Kier molecular flexibility index (Phi) is 5.30. The van der Waals surface area contributed by atoms with E-state index in [0.29, 0.717) is 26.1 Å². The van der Waals surface area contributed by atoms with E-state index < -0.39 is 0 Å². The second-order valence-corrected chi connectivity index (χ2v) is 7.31. The quantitative estimate of drug-likeness (QED) is 0.877. The van der Waals surface area contributed by atoms with Gasteiger partial charge in [0, 0.05) is 30.9 Å². The lowest BCUT2D eigenvalue weighted by Crippen LogP contribution is -2.34. The molecule has 1 aromatic carbocycles. The van der Waals surface area contributed by atoms with Crippen LogP contribution in [0.1, 0.15) is 22.4 Å². The normalized spacial score (nSPS) is 17.3. The van der Waals surface area contributed by atoms with Crippen LogP contribution in [-0.4, -0.2) is 29.8 Å². The highest BCUT2D eigenvalue weighted by atomic mass is 32.1. The summed E-state index contributed by atoms with van der Waals surface area (Å²) in [5.41, 5.74) is 2.31. The number of carbonyl (C=O) groups excluding carboxylic acids is 2. The van der Waals surface area contributed by atoms with E-state index in [1.165, 1.54) is 10.4 Å². The summed E-state index contributed by atoms with van der Waals surface area (Å²) in [5, 5.41) is 5.00. The molecule has 3 rings (SSSR count). The molecule has 24 heavy (non-hydrogen) atoms. The highest BCUT2D eigenvalue weighted by molar-refractivity contribution is 7.09. The zero-order chi connectivity index (χ0) is 16.9. The zero-order valence-corrected chi connectivity index (χ0v) is 14.6. The van der Waals surface area contributed by atoms with Crippen LogP contribution in [0.5, 0.6) is 0 Å². The summed E-state index contributed by atoms with van der Waals surface area (Å²) in [4.78, 5) is 27.5. The molecule has 1 fully saturated rings. The van der Waals surface area contributed by atoms with Gasteiger partial charge in [0.2, 0.25) is 11.8 Å². The number of likely N-dealkylation sites (tertiary alicyclic amines) is 1. The van der Waals surface area contributed by atoms with Crippen LogP contribution >= 0.6 is 11.3 Å². The predicted molar refractivity (Wildman–Crippen MR) is 95.7 cm³/mol. The van der Waals surface area contributed by atoms with Gasteiger partial charge in [-0.2, -0.15) is 0 Å². The molecule has 0 bridgehead atoms. The molecule has 5 heteroatoms. The van der Waals surface area contributed by atoms with Gasteiger partial charge in [-0.05, 0) is 30.4 Å². The van der Waals surface area contributed by atoms with E-state index in [1.54, 1.807) is 16.2 Å². The summed E-state index contributed by atoms with van der Waals surface area (Å²) in [7, 11) is 0. The van der Waals surface area contributed by atoms with Gasteiger partial charge in [0.15, 0.2) is 0 Å². The SMILES string of the molecule is Cc1ccc(CN2CC(C(=O)NCCc3cccs3)CC2=O)cc1. The summed E-state index contributed by atoms with van der Waals surface area (Å²) < 4.78 is 0. The third-order valence-corrected chi connectivity index (χ3v) is 5.27. The number of amides is 2.